The number of benzene rings is 1. The number of rotatable bonds is 5. The van der Waals surface area contributed by atoms with Gasteiger partial charge in [-0.15, -0.1) is 0 Å². The molecule has 0 saturated heterocycles. The van der Waals surface area contributed by atoms with Crippen LogP contribution in [0.15, 0.2) is 35.4 Å². The molecule has 5 heteroatoms. The third kappa shape index (κ3) is 3.38. The maximum Gasteiger partial charge on any atom is 0.248 e. The normalized spacial score (nSPS) is 20.0. The van der Waals surface area contributed by atoms with E-state index in [2.05, 4.69) is 10.6 Å². The molecule has 2 aliphatic rings. The zero-order valence-electron chi connectivity index (χ0n) is 13.4. The molecule has 23 heavy (non-hydrogen) atoms. The van der Waals surface area contributed by atoms with Crippen molar-refractivity contribution in [2.45, 2.75) is 44.7 Å². The Morgan fingerprint density at radius 2 is 2.17 bits per heavy atom. The summed E-state index contributed by atoms with van der Waals surface area (Å²) in [5.41, 5.74) is 2.74. The summed E-state index contributed by atoms with van der Waals surface area (Å²) >= 11 is 0. The fourth-order valence-electron chi connectivity index (χ4n) is 3.38. The topological polar surface area (TPSA) is 67.4 Å². The molecule has 1 saturated carbocycles. The molecule has 3 rings (SSSR count). The Morgan fingerprint density at radius 1 is 1.35 bits per heavy atom. The van der Waals surface area contributed by atoms with Crippen LogP contribution < -0.4 is 15.4 Å². The number of amides is 2. The Labute approximate surface area is 136 Å². The van der Waals surface area contributed by atoms with Crippen molar-refractivity contribution in [1.82, 2.24) is 10.6 Å². The number of carbonyl (C=O) groups excluding carboxylic acids is 2. The minimum absolute atomic E-state index is 0.0701. The molecule has 1 aromatic rings. The predicted molar refractivity (Wildman–Crippen MR) is 86.9 cm³/mol. The Morgan fingerprint density at radius 3 is 3.00 bits per heavy atom. The van der Waals surface area contributed by atoms with Gasteiger partial charge < -0.3 is 15.4 Å². The molecule has 0 aromatic heterocycles. The average Bonchev–Trinajstić information content (AvgIpc) is 2.89. The van der Waals surface area contributed by atoms with Crippen LogP contribution in [0.3, 0.4) is 0 Å². The highest BCUT2D eigenvalue weighted by molar-refractivity contribution is 6.02. The zero-order chi connectivity index (χ0) is 16.2. The van der Waals surface area contributed by atoms with E-state index >= 15 is 0 Å². The summed E-state index contributed by atoms with van der Waals surface area (Å²) in [4.78, 5) is 24.3. The highest BCUT2D eigenvalue weighted by atomic mass is 16.5. The van der Waals surface area contributed by atoms with Gasteiger partial charge in [-0.05, 0) is 30.9 Å². The van der Waals surface area contributed by atoms with Gasteiger partial charge in [-0.1, -0.05) is 24.6 Å². The Hall–Kier alpha value is -2.30. The lowest BCUT2D eigenvalue weighted by Crippen LogP contribution is -2.30. The fourth-order valence-corrected chi connectivity index (χ4v) is 3.38. The number of fused-ring (bicyclic) bond motifs is 1. The molecular formula is C18H22N2O3. The van der Waals surface area contributed by atoms with E-state index in [0.717, 1.165) is 42.6 Å². The second-order valence-corrected chi connectivity index (χ2v) is 6.04. The average molecular weight is 314 g/mol. The molecule has 1 heterocycles. The molecule has 1 aromatic carbocycles. The van der Waals surface area contributed by atoms with Crippen LogP contribution in [0.25, 0.3) is 0 Å². The van der Waals surface area contributed by atoms with E-state index in [-0.39, 0.29) is 24.3 Å². The molecule has 2 amide bonds. The zero-order valence-corrected chi connectivity index (χ0v) is 13.4. The van der Waals surface area contributed by atoms with Crippen LogP contribution in [0.4, 0.5) is 0 Å². The van der Waals surface area contributed by atoms with Crippen LogP contribution in [-0.4, -0.2) is 25.0 Å². The number of carbonyl (C=O) groups is 2. The van der Waals surface area contributed by atoms with Gasteiger partial charge in [-0.25, -0.2) is 0 Å². The number of ether oxygens (including phenoxy) is 1. The van der Waals surface area contributed by atoms with Crippen molar-refractivity contribution in [3.05, 3.63) is 41.0 Å². The fraction of sp³-hybridized carbons (Fsp3) is 0.444. The van der Waals surface area contributed by atoms with Gasteiger partial charge in [0, 0.05) is 17.7 Å². The van der Waals surface area contributed by atoms with Crippen molar-refractivity contribution in [3.63, 3.8) is 0 Å². The van der Waals surface area contributed by atoms with Gasteiger partial charge in [0.15, 0.2) is 0 Å². The monoisotopic (exact) mass is 314 g/mol. The third-order valence-electron chi connectivity index (χ3n) is 4.58. The molecular weight excluding hydrogens is 292 g/mol. The van der Waals surface area contributed by atoms with Crippen molar-refractivity contribution < 1.29 is 14.3 Å². The summed E-state index contributed by atoms with van der Waals surface area (Å²) in [6.45, 7) is 0.399. The van der Waals surface area contributed by atoms with Crippen molar-refractivity contribution in [3.8, 4) is 5.75 Å². The van der Waals surface area contributed by atoms with E-state index in [1.165, 1.54) is 0 Å². The van der Waals surface area contributed by atoms with Crippen LogP contribution in [0.1, 0.15) is 37.7 Å². The van der Waals surface area contributed by atoms with E-state index < -0.39 is 0 Å². The molecule has 1 fully saturated rings. The van der Waals surface area contributed by atoms with Gasteiger partial charge in [0.05, 0.1) is 19.6 Å². The standard InChI is InChI=1S/C18H22N2O3/c1-23-16-9-5-2-6-12(16)11-19-17(21)10-14-13-7-3-4-8-15(13)20-18(14)22/h2,5-6,9,15H,3-4,7-8,10-11H2,1H3,(H,19,21)(H,20,22). The summed E-state index contributed by atoms with van der Waals surface area (Å²) in [7, 11) is 1.61. The maximum atomic E-state index is 12.2. The number of hydrogen-bond acceptors (Lipinski definition) is 3. The van der Waals surface area contributed by atoms with Gasteiger partial charge in [0.25, 0.3) is 0 Å². The highest BCUT2D eigenvalue weighted by Gasteiger charge is 2.33. The highest BCUT2D eigenvalue weighted by Crippen LogP contribution is 2.32. The summed E-state index contributed by atoms with van der Waals surface area (Å²) in [6.07, 6.45) is 4.33. The lowest BCUT2D eigenvalue weighted by molar-refractivity contribution is -0.123. The molecule has 1 unspecified atom stereocenters. The third-order valence-corrected chi connectivity index (χ3v) is 4.58. The van der Waals surface area contributed by atoms with Crippen LogP contribution in [0, 0.1) is 0 Å². The Bertz CT molecular complexity index is 651. The lowest BCUT2D eigenvalue weighted by atomic mass is 9.88. The Kier molecular flexibility index (Phi) is 4.65. The van der Waals surface area contributed by atoms with Gasteiger partial charge in [-0.2, -0.15) is 0 Å². The quantitative estimate of drug-likeness (QED) is 0.874. The van der Waals surface area contributed by atoms with Crippen molar-refractivity contribution in [2.75, 3.05) is 7.11 Å². The largest absolute Gasteiger partial charge is 0.496 e. The SMILES string of the molecule is COc1ccccc1CNC(=O)CC1=C2CCCCC2NC1=O. The van der Waals surface area contributed by atoms with Crippen LogP contribution >= 0.6 is 0 Å². The molecule has 2 N–H and O–H groups in total. The van der Waals surface area contributed by atoms with E-state index in [9.17, 15) is 9.59 Å². The summed E-state index contributed by atoms with van der Waals surface area (Å²) in [6, 6.07) is 7.74. The van der Waals surface area contributed by atoms with Crippen LogP contribution in [-0.2, 0) is 16.1 Å². The summed E-state index contributed by atoms with van der Waals surface area (Å²) < 4.78 is 5.27. The molecule has 0 spiro atoms. The van der Waals surface area contributed by atoms with Crippen molar-refractivity contribution in [1.29, 1.82) is 0 Å². The van der Waals surface area contributed by atoms with Crippen LogP contribution in [0.2, 0.25) is 0 Å². The van der Waals surface area contributed by atoms with Gasteiger partial charge in [0.2, 0.25) is 11.8 Å². The first-order valence-corrected chi connectivity index (χ1v) is 8.10. The lowest BCUT2D eigenvalue weighted by Gasteiger charge is -2.20. The van der Waals surface area contributed by atoms with Gasteiger partial charge in [-0.3, -0.25) is 9.59 Å². The van der Waals surface area contributed by atoms with Crippen LogP contribution in [0.5, 0.6) is 5.75 Å². The minimum Gasteiger partial charge on any atom is -0.496 e. The number of nitrogens with one attached hydrogen (secondary N) is 2. The number of para-hydroxylation sites is 1. The smallest absolute Gasteiger partial charge is 0.248 e. The summed E-state index contributed by atoms with van der Waals surface area (Å²) in [5, 5.41) is 5.87. The van der Waals surface area contributed by atoms with E-state index in [1.54, 1.807) is 7.11 Å². The van der Waals surface area contributed by atoms with Crippen molar-refractivity contribution in [2.24, 2.45) is 0 Å². The van der Waals surface area contributed by atoms with E-state index in [0.29, 0.717) is 12.1 Å². The van der Waals surface area contributed by atoms with E-state index in [1.807, 2.05) is 24.3 Å². The minimum atomic E-state index is -0.125. The molecule has 0 bridgehead atoms. The molecule has 122 valence electrons. The first kappa shape index (κ1) is 15.6. The second kappa shape index (κ2) is 6.86. The van der Waals surface area contributed by atoms with Gasteiger partial charge >= 0.3 is 0 Å². The first-order chi connectivity index (χ1) is 11.2. The van der Waals surface area contributed by atoms with Crippen molar-refractivity contribution >= 4 is 11.8 Å². The van der Waals surface area contributed by atoms with E-state index in [4.69, 9.17) is 4.74 Å². The predicted octanol–water partition coefficient (Wildman–Crippen LogP) is 2.07. The summed E-state index contributed by atoms with van der Waals surface area (Å²) in [5.74, 6) is 0.555. The molecule has 1 aliphatic heterocycles. The Balaban J connectivity index is 1.62. The number of methoxy groups -OCH3 is 1. The number of hydrogen-bond donors (Lipinski definition) is 2. The first-order valence-electron chi connectivity index (χ1n) is 8.10. The molecule has 0 radical (unpaired) electrons. The molecule has 5 nitrogen and oxygen atoms in total. The molecule has 1 atom stereocenters. The maximum absolute atomic E-state index is 12.2. The second-order valence-electron chi connectivity index (χ2n) is 6.04. The van der Waals surface area contributed by atoms with Gasteiger partial charge in [0.1, 0.15) is 5.75 Å². The molecule has 1 aliphatic carbocycles.